The molecular weight excluding hydrogens is 326 g/mol. The first kappa shape index (κ1) is 19.7. The van der Waals surface area contributed by atoms with Crippen LogP contribution in [0.25, 0.3) is 22.0 Å². The number of aromatic nitrogens is 1. The lowest BCUT2D eigenvalue weighted by atomic mass is 10.0. The average molecular weight is 353 g/mol. The quantitative estimate of drug-likeness (QED) is 0.385. The summed E-state index contributed by atoms with van der Waals surface area (Å²) in [7, 11) is 1.97. The summed E-state index contributed by atoms with van der Waals surface area (Å²) in [5.41, 5.74) is 8.87. The molecule has 5 N–H and O–H groups in total. The van der Waals surface area contributed by atoms with E-state index >= 15 is 0 Å². The van der Waals surface area contributed by atoms with E-state index in [4.69, 9.17) is 5.73 Å². The van der Waals surface area contributed by atoms with Gasteiger partial charge in [-0.2, -0.15) is 0 Å². The molecular formula is C21H27N3O2. The van der Waals surface area contributed by atoms with Crippen LogP contribution in [0.4, 0.5) is 0 Å². The van der Waals surface area contributed by atoms with Gasteiger partial charge in [0, 0.05) is 10.9 Å². The van der Waals surface area contributed by atoms with Crippen molar-refractivity contribution in [1.29, 1.82) is 0 Å². The molecule has 2 aromatic carbocycles. The number of phenolic OH excluding ortho intramolecular Hbond substituents is 1. The number of phenols is 1. The predicted molar refractivity (Wildman–Crippen MR) is 108 cm³/mol. The van der Waals surface area contributed by atoms with Gasteiger partial charge in [0.1, 0.15) is 5.75 Å². The minimum Gasteiger partial charge on any atom is -0.508 e. The summed E-state index contributed by atoms with van der Waals surface area (Å²) in [5.74, 6) is 0.253. The molecule has 0 fully saturated rings. The van der Waals surface area contributed by atoms with Crippen LogP contribution in [0, 0.1) is 0 Å². The molecule has 0 bridgehead atoms. The number of carbonyl (C=O) groups excluding carboxylic acids is 1. The molecule has 0 aliphatic carbocycles. The third-order valence-corrected chi connectivity index (χ3v) is 4.10. The maximum Gasteiger partial charge on any atom is 0.166 e. The Morgan fingerprint density at radius 2 is 1.77 bits per heavy atom. The van der Waals surface area contributed by atoms with Crippen molar-refractivity contribution in [3.8, 4) is 16.9 Å². The fourth-order valence-corrected chi connectivity index (χ4v) is 2.67. The number of aldehydes is 1. The van der Waals surface area contributed by atoms with Crippen LogP contribution in [0.15, 0.2) is 48.5 Å². The van der Waals surface area contributed by atoms with Crippen molar-refractivity contribution in [1.82, 2.24) is 10.3 Å². The Morgan fingerprint density at radius 1 is 1.04 bits per heavy atom. The van der Waals surface area contributed by atoms with Crippen LogP contribution >= 0.6 is 0 Å². The second-order valence-electron chi connectivity index (χ2n) is 6.14. The van der Waals surface area contributed by atoms with Crippen LogP contribution in [-0.4, -0.2) is 36.5 Å². The number of hydrogen-bond acceptors (Lipinski definition) is 4. The molecule has 0 unspecified atom stereocenters. The van der Waals surface area contributed by atoms with Gasteiger partial charge in [-0.3, -0.25) is 4.79 Å². The average Bonchev–Trinajstić information content (AvgIpc) is 3.09. The van der Waals surface area contributed by atoms with E-state index in [0.29, 0.717) is 5.69 Å². The van der Waals surface area contributed by atoms with Crippen molar-refractivity contribution in [2.45, 2.75) is 19.3 Å². The molecule has 3 aromatic rings. The molecule has 0 saturated heterocycles. The molecule has 3 rings (SSSR count). The third kappa shape index (κ3) is 5.72. The molecule has 0 spiro atoms. The summed E-state index contributed by atoms with van der Waals surface area (Å²) < 4.78 is 0. The molecule has 5 nitrogen and oxygen atoms in total. The van der Waals surface area contributed by atoms with Gasteiger partial charge >= 0.3 is 0 Å². The van der Waals surface area contributed by atoms with Gasteiger partial charge in [-0.15, -0.1) is 0 Å². The highest BCUT2D eigenvalue weighted by Crippen LogP contribution is 2.25. The molecule has 0 saturated carbocycles. The van der Waals surface area contributed by atoms with Gasteiger partial charge < -0.3 is 21.1 Å². The summed E-state index contributed by atoms with van der Waals surface area (Å²) in [6.07, 6.45) is 4.49. The summed E-state index contributed by atoms with van der Waals surface area (Å²) >= 11 is 0. The Bertz CT molecular complexity index is 804. The van der Waals surface area contributed by atoms with Crippen molar-refractivity contribution in [2.24, 2.45) is 5.73 Å². The number of hydrogen-bond donors (Lipinski definition) is 4. The summed E-state index contributed by atoms with van der Waals surface area (Å²) in [6.45, 7) is 1.96. The number of carbonyl (C=O) groups is 1. The van der Waals surface area contributed by atoms with Gasteiger partial charge in [-0.05, 0) is 68.4 Å². The summed E-state index contributed by atoms with van der Waals surface area (Å²) in [6, 6.07) is 14.8. The first-order valence-electron chi connectivity index (χ1n) is 8.90. The van der Waals surface area contributed by atoms with E-state index in [1.807, 2.05) is 43.4 Å². The van der Waals surface area contributed by atoms with E-state index in [1.165, 1.54) is 19.3 Å². The van der Waals surface area contributed by atoms with Gasteiger partial charge in [0.05, 0.1) is 5.69 Å². The van der Waals surface area contributed by atoms with Crippen molar-refractivity contribution in [3.05, 3.63) is 54.2 Å². The number of nitrogens with two attached hydrogens (primary N) is 1. The van der Waals surface area contributed by atoms with Crippen LogP contribution < -0.4 is 11.1 Å². The Labute approximate surface area is 154 Å². The lowest BCUT2D eigenvalue weighted by Gasteiger charge is -2.02. The van der Waals surface area contributed by atoms with E-state index in [-0.39, 0.29) is 5.75 Å². The van der Waals surface area contributed by atoms with E-state index < -0.39 is 0 Å². The monoisotopic (exact) mass is 353 g/mol. The number of rotatable bonds is 7. The maximum absolute atomic E-state index is 10.7. The first-order valence-corrected chi connectivity index (χ1v) is 8.90. The molecule has 0 amide bonds. The second-order valence-corrected chi connectivity index (χ2v) is 6.14. The highest BCUT2D eigenvalue weighted by molar-refractivity contribution is 5.90. The fraction of sp³-hybridized carbons (Fsp3) is 0.286. The number of unbranched alkanes of at least 4 members (excludes halogenated alkanes) is 2. The molecule has 0 atom stereocenters. The predicted octanol–water partition coefficient (Wildman–Crippen LogP) is 3.69. The molecule has 138 valence electrons. The number of nitrogens with one attached hydrogen (secondary N) is 2. The zero-order valence-corrected chi connectivity index (χ0v) is 15.2. The van der Waals surface area contributed by atoms with E-state index in [1.54, 1.807) is 12.1 Å². The van der Waals surface area contributed by atoms with Crippen molar-refractivity contribution in [2.75, 3.05) is 20.1 Å². The standard InChI is InChI=1S/C15H11NO2.C6H16N2/c17-9-13-7-12-2-1-11(8-15(12)16-13)10-3-5-14(18)6-4-10;1-8-6-4-2-3-5-7/h1-9,16,18H;8H,2-7H2,1H3. The second kappa shape index (κ2) is 10.4. The van der Waals surface area contributed by atoms with E-state index in [0.717, 1.165) is 41.4 Å². The van der Waals surface area contributed by atoms with Crippen molar-refractivity contribution >= 4 is 17.2 Å². The molecule has 0 aliphatic heterocycles. The number of benzene rings is 2. The Hall–Kier alpha value is -2.63. The van der Waals surface area contributed by atoms with Crippen molar-refractivity contribution in [3.63, 3.8) is 0 Å². The number of H-pyrrole nitrogens is 1. The normalized spacial score (nSPS) is 10.4. The number of aromatic hydroxyl groups is 1. The first-order chi connectivity index (χ1) is 12.7. The minimum atomic E-state index is 0.253. The lowest BCUT2D eigenvalue weighted by Crippen LogP contribution is -2.08. The SMILES string of the molecule is CNCCCCCN.O=Cc1cc2ccc(-c3ccc(O)cc3)cc2[nH]1. The smallest absolute Gasteiger partial charge is 0.166 e. The van der Waals surface area contributed by atoms with Crippen LogP contribution in [0.2, 0.25) is 0 Å². The van der Waals surface area contributed by atoms with E-state index in [2.05, 4.69) is 10.3 Å². The highest BCUT2D eigenvalue weighted by Gasteiger charge is 2.03. The third-order valence-electron chi connectivity index (χ3n) is 4.10. The van der Waals surface area contributed by atoms with Crippen LogP contribution in [0.5, 0.6) is 5.75 Å². The van der Waals surface area contributed by atoms with Crippen molar-refractivity contribution < 1.29 is 9.90 Å². The largest absolute Gasteiger partial charge is 0.508 e. The van der Waals surface area contributed by atoms with Gasteiger partial charge in [-0.1, -0.05) is 30.7 Å². The number of aromatic amines is 1. The lowest BCUT2D eigenvalue weighted by molar-refractivity contribution is 0.112. The van der Waals surface area contributed by atoms with Gasteiger partial charge in [-0.25, -0.2) is 0 Å². The molecule has 1 heterocycles. The van der Waals surface area contributed by atoms with Crippen LogP contribution in [-0.2, 0) is 0 Å². The molecule has 1 aromatic heterocycles. The topological polar surface area (TPSA) is 91.1 Å². The Balaban J connectivity index is 0.000000260. The maximum atomic E-state index is 10.7. The van der Waals surface area contributed by atoms with Crippen LogP contribution in [0.3, 0.4) is 0 Å². The molecule has 0 radical (unpaired) electrons. The van der Waals surface area contributed by atoms with Gasteiger partial charge in [0.25, 0.3) is 0 Å². The Morgan fingerprint density at radius 3 is 2.42 bits per heavy atom. The summed E-state index contributed by atoms with van der Waals surface area (Å²) in [4.78, 5) is 13.8. The Kier molecular flexibility index (Phi) is 7.86. The zero-order chi connectivity index (χ0) is 18.8. The zero-order valence-electron chi connectivity index (χ0n) is 15.2. The van der Waals surface area contributed by atoms with Gasteiger partial charge in [0.2, 0.25) is 0 Å². The highest BCUT2D eigenvalue weighted by atomic mass is 16.3. The van der Waals surface area contributed by atoms with Crippen LogP contribution in [0.1, 0.15) is 29.8 Å². The molecule has 26 heavy (non-hydrogen) atoms. The van der Waals surface area contributed by atoms with Gasteiger partial charge in [0.15, 0.2) is 6.29 Å². The molecule has 0 aliphatic rings. The van der Waals surface area contributed by atoms with E-state index in [9.17, 15) is 9.90 Å². The summed E-state index contributed by atoms with van der Waals surface area (Å²) in [5, 5.41) is 13.4. The minimum absolute atomic E-state index is 0.253. The fourth-order valence-electron chi connectivity index (χ4n) is 2.67. The molecule has 5 heteroatoms. The number of fused-ring (bicyclic) bond motifs is 1.